The Kier molecular flexibility index (Phi) is 6.97. The monoisotopic (exact) mass is 430 g/mol. The molecule has 4 heterocycles. The Labute approximate surface area is 181 Å². The van der Waals surface area contributed by atoms with Gasteiger partial charge in [-0.2, -0.15) is 11.3 Å². The lowest BCUT2D eigenvalue weighted by atomic mass is 9.92. The zero-order valence-corrected chi connectivity index (χ0v) is 18.3. The van der Waals surface area contributed by atoms with Gasteiger partial charge in [-0.3, -0.25) is 14.5 Å². The molecule has 4 rings (SSSR count). The van der Waals surface area contributed by atoms with Crippen molar-refractivity contribution in [1.82, 2.24) is 19.8 Å². The number of carbonyl (C=O) groups is 1. The first-order chi connectivity index (χ1) is 14.6. The second-order valence-corrected chi connectivity index (χ2v) is 9.13. The summed E-state index contributed by atoms with van der Waals surface area (Å²) in [6.07, 6.45) is 3.87. The molecule has 2 fully saturated rings. The van der Waals surface area contributed by atoms with Crippen molar-refractivity contribution in [2.75, 3.05) is 39.9 Å². The topological polar surface area (TPSA) is 78.5 Å². The predicted molar refractivity (Wildman–Crippen MR) is 117 cm³/mol. The number of nitrogens with one attached hydrogen (secondary N) is 1. The Morgan fingerprint density at radius 3 is 2.83 bits per heavy atom. The van der Waals surface area contributed by atoms with E-state index in [4.69, 9.17) is 9.72 Å². The highest BCUT2D eigenvalue weighted by atomic mass is 32.1. The van der Waals surface area contributed by atoms with Gasteiger partial charge in [0.2, 0.25) is 5.91 Å². The van der Waals surface area contributed by atoms with Gasteiger partial charge in [0, 0.05) is 44.6 Å². The van der Waals surface area contributed by atoms with Crippen molar-refractivity contribution >= 4 is 17.2 Å². The van der Waals surface area contributed by atoms with Crippen LogP contribution in [0.15, 0.2) is 27.7 Å². The van der Waals surface area contributed by atoms with Crippen LogP contribution < -0.4 is 5.56 Å². The maximum Gasteiger partial charge on any atom is 0.251 e. The lowest BCUT2D eigenvalue weighted by Gasteiger charge is -2.33. The third kappa shape index (κ3) is 5.17. The van der Waals surface area contributed by atoms with Gasteiger partial charge in [0.05, 0.1) is 5.69 Å². The molecular formula is C22H30N4O3S. The fourth-order valence-corrected chi connectivity index (χ4v) is 5.22. The van der Waals surface area contributed by atoms with Crippen LogP contribution in [0.2, 0.25) is 0 Å². The van der Waals surface area contributed by atoms with Gasteiger partial charge >= 0.3 is 0 Å². The molecule has 162 valence electrons. The molecule has 0 spiro atoms. The predicted octanol–water partition coefficient (Wildman–Crippen LogP) is 2.56. The second-order valence-electron chi connectivity index (χ2n) is 8.35. The Morgan fingerprint density at radius 1 is 1.27 bits per heavy atom. The standard InChI is InChI=1S/C22H30N4O3S/c1-29-14-21(28)26-7-2-3-18(13-26)19-11-20(27)24-22(23-19)17-4-8-25(9-5-17)12-16-6-10-30-15-16/h6,10-11,15,17-18H,2-5,7-9,12-14H2,1H3,(H,23,24,27). The van der Waals surface area contributed by atoms with Crippen LogP contribution in [0.1, 0.15) is 54.6 Å². The number of amides is 1. The molecule has 1 N–H and O–H groups in total. The minimum absolute atomic E-state index is 0.00487. The Balaban J connectivity index is 1.41. The SMILES string of the molecule is COCC(=O)N1CCCC(c2cc(=O)[nH]c(C3CCN(Cc4ccsc4)CC3)n2)C1. The average Bonchev–Trinajstić information content (AvgIpc) is 3.27. The van der Waals surface area contributed by atoms with E-state index >= 15 is 0 Å². The van der Waals surface area contributed by atoms with Crippen LogP contribution in [0.4, 0.5) is 0 Å². The minimum atomic E-state index is -0.0870. The third-order valence-corrected chi connectivity index (χ3v) is 6.93. The summed E-state index contributed by atoms with van der Waals surface area (Å²) in [5.74, 6) is 1.21. The second kappa shape index (κ2) is 9.85. The summed E-state index contributed by atoms with van der Waals surface area (Å²) in [5.41, 5.74) is 2.11. The first-order valence-electron chi connectivity index (χ1n) is 10.7. The number of likely N-dealkylation sites (tertiary alicyclic amines) is 2. The maximum absolute atomic E-state index is 12.4. The molecule has 2 aromatic heterocycles. The highest BCUT2D eigenvalue weighted by Crippen LogP contribution is 2.29. The molecule has 2 aliphatic rings. The summed E-state index contributed by atoms with van der Waals surface area (Å²) in [7, 11) is 1.54. The summed E-state index contributed by atoms with van der Waals surface area (Å²) in [4.78, 5) is 36.8. The largest absolute Gasteiger partial charge is 0.375 e. The molecule has 0 aromatic carbocycles. The molecule has 0 saturated carbocycles. The number of piperidine rings is 2. The molecule has 1 atom stereocenters. The lowest BCUT2D eigenvalue weighted by molar-refractivity contribution is -0.136. The third-order valence-electron chi connectivity index (χ3n) is 6.20. The summed E-state index contributed by atoms with van der Waals surface area (Å²) < 4.78 is 4.99. The number of methoxy groups -OCH3 is 1. The number of aromatic nitrogens is 2. The Hall–Kier alpha value is -2.03. The smallest absolute Gasteiger partial charge is 0.251 e. The van der Waals surface area contributed by atoms with E-state index in [1.54, 1.807) is 17.4 Å². The fraction of sp³-hybridized carbons (Fsp3) is 0.591. The fourth-order valence-electron chi connectivity index (χ4n) is 4.56. The van der Waals surface area contributed by atoms with Crippen LogP contribution in [0.5, 0.6) is 0 Å². The molecule has 30 heavy (non-hydrogen) atoms. The van der Waals surface area contributed by atoms with Gasteiger partial charge in [0.15, 0.2) is 0 Å². The van der Waals surface area contributed by atoms with E-state index in [1.807, 2.05) is 4.90 Å². The van der Waals surface area contributed by atoms with Gasteiger partial charge in [-0.05, 0) is 61.2 Å². The van der Waals surface area contributed by atoms with Crippen molar-refractivity contribution in [3.8, 4) is 0 Å². The number of H-pyrrole nitrogens is 1. The summed E-state index contributed by atoms with van der Waals surface area (Å²) in [6, 6.07) is 3.80. The van der Waals surface area contributed by atoms with E-state index in [9.17, 15) is 9.59 Å². The van der Waals surface area contributed by atoms with E-state index in [1.165, 1.54) is 12.7 Å². The van der Waals surface area contributed by atoms with Crippen molar-refractivity contribution in [2.45, 2.75) is 44.1 Å². The Morgan fingerprint density at radius 2 is 2.10 bits per heavy atom. The van der Waals surface area contributed by atoms with Gasteiger partial charge in [-0.15, -0.1) is 0 Å². The van der Waals surface area contributed by atoms with E-state index < -0.39 is 0 Å². The first kappa shape index (κ1) is 21.2. The van der Waals surface area contributed by atoms with Gasteiger partial charge < -0.3 is 14.6 Å². The van der Waals surface area contributed by atoms with Crippen LogP contribution in [-0.4, -0.2) is 65.6 Å². The van der Waals surface area contributed by atoms with Crippen molar-refractivity contribution in [1.29, 1.82) is 0 Å². The van der Waals surface area contributed by atoms with Crippen molar-refractivity contribution < 1.29 is 9.53 Å². The molecule has 0 bridgehead atoms. The molecule has 2 aromatic rings. The van der Waals surface area contributed by atoms with E-state index in [0.717, 1.165) is 63.4 Å². The number of rotatable bonds is 6. The molecule has 0 aliphatic carbocycles. The molecule has 0 radical (unpaired) electrons. The number of aromatic amines is 1. The number of hydrogen-bond acceptors (Lipinski definition) is 6. The molecule has 1 amide bonds. The highest BCUT2D eigenvalue weighted by molar-refractivity contribution is 7.07. The molecule has 8 heteroatoms. The van der Waals surface area contributed by atoms with Gasteiger partial charge in [0.1, 0.15) is 12.4 Å². The van der Waals surface area contributed by atoms with Crippen LogP contribution in [0, 0.1) is 0 Å². The summed E-state index contributed by atoms with van der Waals surface area (Å²) in [6.45, 7) is 4.47. The highest BCUT2D eigenvalue weighted by Gasteiger charge is 2.28. The van der Waals surface area contributed by atoms with Gasteiger partial charge in [-0.25, -0.2) is 4.98 Å². The zero-order valence-electron chi connectivity index (χ0n) is 17.5. The molecule has 2 saturated heterocycles. The van der Waals surface area contributed by atoms with E-state index in [0.29, 0.717) is 6.54 Å². The number of carbonyl (C=O) groups excluding carboxylic acids is 1. The van der Waals surface area contributed by atoms with Crippen LogP contribution in [0.3, 0.4) is 0 Å². The maximum atomic E-state index is 12.4. The average molecular weight is 431 g/mol. The van der Waals surface area contributed by atoms with Crippen LogP contribution in [-0.2, 0) is 16.1 Å². The zero-order chi connectivity index (χ0) is 20.9. The van der Waals surface area contributed by atoms with Crippen LogP contribution >= 0.6 is 11.3 Å². The van der Waals surface area contributed by atoms with Crippen LogP contribution in [0.25, 0.3) is 0 Å². The van der Waals surface area contributed by atoms with Gasteiger partial charge in [0.25, 0.3) is 5.56 Å². The first-order valence-corrected chi connectivity index (χ1v) is 11.7. The molecule has 7 nitrogen and oxygen atoms in total. The number of nitrogens with zero attached hydrogens (tertiary/aromatic N) is 3. The number of ether oxygens (including phenoxy) is 1. The summed E-state index contributed by atoms with van der Waals surface area (Å²) >= 11 is 1.74. The molecule has 2 aliphatic heterocycles. The van der Waals surface area contributed by atoms with Crippen molar-refractivity contribution in [3.05, 3.63) is 50.3 Å². The van der Waals surface area contributed by atoms with Crippen molar-refractivity contribution in [2.24, 2.45) is 0 Å². The van der Waals surface area contributed by atoms with E-state index in [2.05, 4.69) is 26.7 Å². The lowest BCUT2D eigenvalue weighted by Crippen LogP contribution is -2.41. The van der Waals surface area contributed by atoms with E-state index in [-0.39, 0.29) is 29.9 Å². The molecular weight excluding hydrogens is 400 g/mol. The Bertz CT molecular complexity index is 890. The minimum Gasteiger partial charge on any atom is -0.375 e. The number of hydrogen-bond donors (Lipinski definition) is 1. The van der Waals surface area contributed by atoms with Crippen molar-refractivity contribution in [3.63, 3.8) is 0 Å². The number of thiophene rings is 1. The van der Waals surface area contributed by atoms with Gasteiger partial charge in [-0.1, -0.05) is 0 Å². The molecule has 1 unspecified atom stereocenters. The quantitative estimate of drug-likeness (QED) is 0.762. The summed E-state index contributed by atoms with van der Waals surface area (Å²) in [5, 5.41) is 4.33. The normalized spacial score (nSPS) is 21.1.